The zero-order valence-electron chi connectivity index (χ0n) is 12.7. The molecule has 0 bridgehead atoms. The maximum atomic E-state index is 13.8. The fourth-order valence-corrected chi connectivity index (χ4v) is 2.83. The number of hydrogen-bond acceptors (Lipinski definition) is 3. The summed E-state index contributed by atoms with van der Waals surface area (Å²) in [5.41, 5.74) is 0.674. The maximum absolute atomic E-state index is 13.8. The van der Waals surface area contributed by atoms with Crippen LogP contribution in [0.1, 0.15) is 31.9 Å². The van der Waals surface area contributed by atoms with Crippen molar-refractivity contribution in [2.24, 2.45) is 0 Å². The second-order valence-electron chi connectivity index (χ2n) is 6.04. The summed E-state index contributed by atoms with van der Waals surface area (Å²) in [6.07, 6.45) is 0.896. The Morgan fingerprint density at radius 2 is 2.15 bits per heavy atom. The van der Waals surface area contributed by atoms with Crippen LogP contribution in [0, 0.1) is 5.82 Å². The molecule has 1 fully saturated rings. The highest BCUT2D eigenvalue weighted by atomic mass is 19.1. The summed E-state index contributed by atoms with van der Waals surface area (Å²) >= 11 is 0. The Kier molecular flexibility index (Phi) is 5.13. The fraction of sp³-hybridized carbons (Fsp3) is 0.625. The van der Waals surface area contributed by atoms with Crippen LogP contribution >= 0.6 is 0 Å². The number of nitrogens with zero attached hydrogens (tertiary/aromatic N) is 1. The Morgan fingerprint density at radius 3 is 2.80 bits per heavy atom. The van der Waals surface area contributed by atoms with Gasteiger partial charge in [-0.1, -0.05) is 18.2 Å². The fourth-order valence-electron chi connectivity index (χ4n) is 2.83. The molecule has 20 heavy (non-hydrogen) atoms. The summed E-state index contributed by atoms with van der Waals surface area (Å²) in [7, 11) is 1.89. The molecule has 1 aliphatic heterocycles. The van der Waals surface area contributed by atoms with Crippen LogP contribution in [0.5, 0.6) is 0 Å². The van der Waals surface area contributed by atoms with Crippen molar-refractivity contribution in [3.05, 3.63) is 35.6 Å². The zero-order chi connectivity index (χ0) is 14.6. The minimum atomic E-state index is -0.130. The molecule has 1 saturated heterocycles. The minimum Gasteiger partial charge on any atom is -0.373 e. The van der Waals surface area contributed by atoms with Crippen LogP contribution in [0.25, 0.3) is 0 Å². The van der Waals surface area contributed by atoms with E-state index < -0.39 is 0 Å². The highest BCUT2D eigenvalue weighted by molar-refractivity contribution is 5.21. The van der Waals surface area contributed by atoms with Gasteiger partial charge in [0.05, 0.1) is 12.2 Å². The highest BCUT2D eigenvalue weighted by Gasteiger charge is 2.27. The number of rotatable bonds is 5. The second kappa shape index (κ2) is 6.66. The first-order valence-corrected chi connectivity index (χ1v) is 7.30. The van der Waals surface area contributed by atoms with E-state index >= 15 is 0 Å². The predicted octanol–water partition coefficient (Wildman–Crippen LogP) is 2.59. The Morgan fingerprint density at radius 1 is 1.40 bits per heavy atom. The largest absolute Gasteiger partial charge is 0.373 e. The van der Waals surface area contributed by atoms with Crippen LogP contribution in [0.15, 0.2) is 24.3 Å². The van der Waals surface area contributed by atoms with Crippen molar-refractivity contribution in [2.75, 3.05) is 33.3 Å². The van der Waals surface area contributed by atoms with Crippen LogP contribution in [0.2, 0.25) is 0 Å². The van der Waals surface area contributed by atoms with Gasteiger partial charge in [0.25, 0.3) is 0 Å². The van der Waals surface area contributed by atoms with Gasteiger partial charge in [0.15, 0.2) is 0 Å². The third-order valence-corrected chi connectivity index (χ3v) is 3.87. The molecule has 0 aliphatic carbocycles. The minimum absolute atomic E-state index is 0.0576. The van der Waals surface area contributed by atoms with Crippen molar-refractivity contribution in [1.82, 2.24) is 10.2 Å². The van der Waals surface area contributed by atoms with Crippen molar-refractivity contribution in [3.63, 3.8) is 0 Å². The average molecular weight is 280 g/mol. The molecule has 0 radical (unpaired) electrons. The van der Waals surface area contributed by atoms with Crippen LogP contribution < -0.4 is 5.32 Å². The van der Waals surface area contributed by atoms with E-state index in [1.807, 2.05) is 19.2 Å². The Hall–Kier alpha value is -0.970. The Labute approximate surface area is 121 Å². The van der Waals surface area contributed by atoms with E-state index in [0.717, 1.165) is 38.2 Å². The first kappa shape index (κ1) is 15.4. The molecule has 0 saturated carbocycles. The molecule has 0 amide bonds. The van der Waals surface area contributed by atoms with Gasteiger partial charge >= 0.3 is 0 Å². The van der Waals surface area contributed by atoms with Gasteiger partial charge in [0.1, 0.15) is 5.82 Å². The van der Waals surface area contributed by atoms with Crippen LogP contribution in [-0.2, 0) is 4.74 Å². The monoisotopic (exact) mass is 280 g/mol. The van der Waals surface area contributed by atoms with E-state index in [1.54, 1.807) is 6.07 Å². The number of ether oxygens (including phenoxy) is 1. The smallest absolute Gasteiger partial charge is 0.127 e. The molecule has 1 aliphatic rings. The zero-order valence-corrected chi connectivity index (χ0v) is 12.7. The predicted molar refractivity (Wildman–Crippen MR) is 79.3 cm³/mol. The first-order valence-electron chi connectivity index (χ1n) is 7.30. The van der Waals surface area contributed by atoms with E-state index in [9.17, 15) is 4.39 Å². The van der Waals surface area contributed by atoms with Gasteiger partial charge in [-0.05, 0) is 33.4 Å². The number of halogens is 1. The van der Waals surface area contributed by atoms with Gasteiger partial charge in [-0.15, -0.1) is 0 Å². The molecule has 2 rings (SSSR count). The SMILES string of the molecule is CNC(CCN1CCOC(C)(C)C1)c1ccccc1F. The lowest BCUT2D eigenvalue weighted by atomic mass is 10.0. The van der Waals surface area contributed by atoms with Gasteiger partial charge in [0.2, 0.25) is 0 Å². The lowest BCUT2D eigenvalue weighted by Crippen LogP contribution is -2.48. The number of hydrogen-bond donors (Lipinski definition) is 1. The van der Waals surface area contributed by atoms with E-state index in [-0.39, 0.29) is 17.5 Å². The van der Waals surface area contributed by atoms with E-state index in [0.29, 0.717) is 0 Å². The Bertz CT molecular complexity index is 436. The average Bonchev–Trinajstić information content (AvgIpc) is 2.40. The molecule has 1 aromatic rings. The summed E-state index contributed by atoms with van der Waals surface area (Å²) in [4.78, 5) is 2.40. The van der Waals surface area contributed by atoms with Gasteiger partial charge in [-0.3, -0.25) is 4.90 Å². The number of nitrogens with one attached hydrogen (secondary N) is 1. The molecule has 112 valence electrons. The molecule has 3 nitrogen and oxygen atoms in total. The van der Waals surface area contributed by atoms with Crippen molar-refractivity contribution in [1.29, 1.82) is 0 Å². The second-order valence-corrected chi connectivity index (χ2v) is 6.04. The summed E-state index contributed by atoms with van der Waals surface area (Å²) in [6, 6.07) is 7.07. The van der Waals surface area contributed by atoms with Gasteiger partial charge in [0, 0.05) is 31.2 Å². The van der Waals surface area contributed by atoms with Crippen LogP contribution in [-0.4, -0.2) is 43.8 Å². The van der Waals surface area contributed by atoms with E-state index in [1.165, 1.54) is 6.07 Å². The summed E-state index contributed by atoms with van der Waals surface area (Å²) in [6.45, 7) is 7.85. The third kappa shape index (κ3) is 4.01. The molecular weight excluding hydrogens is 255 g/mol. The molecule has 1 aromatic carbocycles. The molecule has 1 heterocycles. The topological polar surface area (TPSA) is 24.5 Å². The first-order chi connectivity index (χ1) is 9.52. The third-order valence-electron chi connectivity index (χ3n) is 3.87. The van der Waals surface area contributed by atoms with E-state index in [2.05, 4.69) is 24.1 Å². The number of morpholine rings is 1. The molecule has 0 spiro atoms. The standard InChI is InChI=1S/C16H25FN2O/c1-16(2)12-19(10-11-20-16)9-8-15(18-3)13-6-4-5-7-14(13)17/h4-7,15,18H,8-12H2,1-3H3. The summed E-state index contributed by atoms with van der Waals surface area (Å²) < 4.78 is 19.6. The summed E-state index contributed by atoms with van der Waals surface area (Å²) in [5.74, 6) is -0.130. The van der Waals surface area contributed by atoms with Crippen molar-refractivity contribution >= 4 is 0 Å². The van der Waals surface area contributed by atoms with Crippen molar-refractivity contribution in [2.45, 2.75) is 31.9 Å². The van der Waals surface area contributed by atoms with Crippen molar-refractivity contribution in [3.8, 4) is 0 Å². The molecular formula is C16H25FN2O. The van der Waals surface area contributed by atoms with Crippen molar-refractivity contribution < 1.29 is 9.13 Å². The molecule has 0 aromatic heterocycles. The van der Waals surface area contributed by atoms with E-state index in [4.69, 9.17) is 4.74 Å². The maximum Gasteiger partial charge on any atom is 0.127 e. The van der Waals surface area contributed by atoms with Gasteiger partial charge in [-0.2, -0.15) is 0 Å². The molecule has 1 atom stereocenters. The lowest BCUT2D eigenvalue weighted by Gasteiger charge is -2.38. The molecule has 1 unspecified atom stereocenters. The highest BCUT2D eigenvalue weighted by Crippen LogP contribution is 2.22. The number of benzene rings is 1. The van der Waals surface area contributed by atoms with Gasteiger partial charge in [-0.25, -0.2) is 4.39 Å². The summed E-state index contributed by atoms with van der Waals surface area (Å²) in [5, 5.41) is 3.22. The Balaban J connectivity index is 1.93. The lowest BCUT2D eigenvalue weighted by molar-refractivity contribution is -0.0864. The molecule has 1 N–H and O–H groups in total. The normalized spacial score (nSPS) is 20.8. The van der Waals surface area contributed by atoms with Crippen LogP contribution in [0.3, 0.4) is 0 Å². The molecule has 4 heteroatoms. The van der Waals surface area contributed by atoms with Gasteiger partial charge < -0.3 is 10.1 Å². The quantitative estimate of drug-likeness (QED) is 0.897. The van der Waals surface area contributed by atoms with Crippen LogP contribution in [0.4, 0.5) is 4.39 Å².